The van der Waals surface area contributed by atoms with Crippen molar-refractivity contribution in [1.29, 1.82) is 0 Å². The highest BCUT2D eigenvalue weighted by molar-refractivity contribution is 7.98. The number of ether oxygens (including phenoxy) is 1. The van der Waals surface area contributed by atoms with Gasteiger partial charge in [-0.2, -0.15) is 0 Å². The number of nitrogens with one attached hydrogen (secondary N) is 1. The average Bonchev–Trinajstić information content (AvgIpc) is 2.87. The maximum absolute atomic E-state index is 11.0. The van der Waals surface area contributed by atoms with Gasteiger partial charge in [-0.05, 0) is 22.5 Å². The maximum Gasteiger partial charge on any atom is 0.416 e. The average molecular weight is 349 g/mol. The Morgan fingerprint density at radius 2 is 1.83 bits per heavy atom. The van der Waals surface area contributed by atoms with Gasteiger partial charge >= 0.3 is 5.76 Å². The fraction of sp³-hybridized carbons (Fsp3) is 0.526. The predicted molar refractivity (Wildman–Crippen MR) is 100.0 cm³/mol. The van der Waals surface area contributed by atoms with Crippen LogP contribution in [0, 0.1) is 0 Å². The molecule has 0 saturated carbocycles. The monoisotopic (exact) mass is 349 g/mol. The van der Waals surface area contributed by atoms with Gasteiger partial charge in [0.2, 0.25) is 0 Å². The van der Waals surface area contributed by atoms with Crippen LogP contribution in [-0.4, -0.2) is 10.9 Å². The molecule has 0 unspecified atom stereocenters. The molecule has 5 heteroatoms. The lowest BCUT2D eigenvalue weighted by Crippen LogP contribution is -2.23. The molecule has 0 radical (unpaired) electrons. The molecule has 0 aliphatic rings. The summed E-state index contributed by atoms with van der Waals surface area (Å²) < 4.78 is 11.1. The zero-order valence-electron chi connectivity index (χ0n) is 15.4. The second kappa shape index (κ2) is 7.09. The van der Waals surface area contributed by atoms with Gasteiger partial charge < -0.3 is 9.15 Å². The van der Waals surface area contributed by atoms with E-state index in [1.54, 1.807) is 18.0 Å². The van der Waals surface area contributed by atoms with Gasteiger partial charge in [-0.3, -0.25) is 4.98 Å². The van der Waals surface area contributed by atoms with Crippen LogP contribution in [0.4, 0.5) is 0 Å². The number of oxazole rings is 1. The van der Waals surface area contributed by atoms with Crippen molar-refractivity contribution in [3.8, 4) is 5.75 Å². The third-order valence-corrected chi connectivity index (χ3v) is 4.47. The lowest BCUT2D eigenvalue weighted by Gasteiger charge is -2.31. The summed E-state index contributed by atoms with van der Waals surface area (Å²) in [6.07, 6.45) is 1.59. The fourth-order valence-electron chi connectivity index (χ4n) is 2.69. The standard InChI is InChI=1S/C19H27NO3S/c1-18(2,3)14-8-7-9-15(16(14)19(4,5)6)22-12-24-11-13-10-20-17(21)23-13/h7-10H,11-12H2,1-6H3,(H,20,21). The van der Waals surface area contributed by atoms with E-state index in [9.17, 15) is 4.79 Å². The highest BCUT2D eigenvalue weighted by Crippen LogP contribution is 2.40. The van der Waals surface area contributed by atoms with Gasteiger partial charge in [-0.1, -0.05) is 53.7 Å². The number of benzene rings is 1. The Labute approximate surface area is 148 Å². The fourth-order valence-corrected chi connectivity index (χ4v) is 3.32. The molecule has 0 amide bonds. The van der Waals surface area contributed by atoms with Crippen molar-refractivity contribution in [2.24, 2.45) is 0 Å². The molecule has 1 heterocycles. The van der Waals surface area contributed by atoms with E-state index in [0.717, 1.165) is 5.75 Å². The first-order valence-corrected chi connectivity index (χ1v) is 9.26. The number of rotatable bonds is 5. The summed E-state index contributed by atoms with van der Waals surface area (Å²) >= 11 is 1.57. The Kier molecular flexibility index (Phi) is 5.53. The quantitative estimate of drug-likeness (QED) is 0.620. The maximum atomic E-state index is 11.0. The first kappa shape index (κ1) is 18.7. The Bertz CT molecular complexity index is 732. The summed E-state index contributed by atoms with van der Waals surface area (Å²) in [5.41, 5.74) is 2.63. The molecule has 0 aliphatic carbocycles. The van der Waals surface area contributed by atoms with E-state index < -0.39 is 5.76 Å². The molecule has 1 N–H and O–H groups in total. The summed E-state index contributed by atoms with van der Waals surface area (Å²) in [4.78, 5) is 13.5. The second-order valence-electron chi connectivity index (χ2n) is 7.93. The van der Waals surface area contributed by atoms with E-state index in [1.165, 1.54) is 11.1 Å². The van der Waals surface area contributed by atoms with Gasteiger partial charge in [0.1, 0.15) is 17.4 Å². The van der Waals surface area contributed by atoms with Crippen molar-refractivity contribution < 1.29 is 9.15 Å². The number of H-pyrrole nitrogens is 1. The molecule has 0 bridgehead atoms. The first-order chi connectivity index (χ1) is 11.1. The lowest BCUT2D eigenvalue weighted by molar-refractivity contribution is 0.373. The van der Waals surface area contributed by atoms with Crippen LogP contribution in [0.15, 0.2) is 33.6 Å². The van der Waals surface area contributed by atoms with Gasteiger partial charge in [0, 0.05) is 11.8 Å². The number of hydrogen-bond acceptors (Lipinski definition) is 4. The van der Waals surface area contributed by atoms with Crippen molar-refractivity contribution in [2.75, 3.05) is 5.94 Å². The zero-order valence-corrected chi connectivity index (χ0v) is 16.2. The summed E-state index contributed by atoms with van der Waals surface area (Å²) in [7, 11) is 0. The topological polar surface area (TPSA) is 55.2 Å². The van der Waals surface area contributed by atoms with Crippen LogP contribution >= 0.6 is 11.8 Å². The molecular formula is C19H27NO3S. The highest BCUT2D eigenvalue weighted by Gasteiger charge is 2.28. The van der Waals surface area contributed by atoms with Crippen LogP contribution in [0.1, 0.15) is 58.4 Å². The van der Waals surface area contributed by atoms with E-state index in [4.69, 9.17) is 9.15 Å². The summed E-state index contributed by atoms with van der Waals surface area (Å²) in [5.74, 6) is 2.25. The van der Waals surface area contributed by atoms with E-state index in [2.05, 4.69) is 58.7 Å². The van der Waals surface area contributed by atoms with Crippen molar-refractivity contribution in [3.05, 3.63) is 51.8 Å². The summed E-state index contributed by atoms with van der Waals surface area (Å²) in [6.45, 7) is 13.3. The Morgan fingerprint density at radius 1 is 1.12 bits per heavy atom. The van der Waals surface area contributed by atoms with Crippen LogP contribution in [0.3, 0.4) is 0 Å². The molecule has 1 aromatic carbocycles. The minimum Gasteiger partial charge on any atom is -0.483 e. The van der Waals surface area contributed by atoms with Gasteiger partial charge in [-0.15, -0.1) is 11.8 Å². The molecule has 4 nitrogen and oxygen atoms in total. The third-order valence-electron chi connectivity index (χ3n) is 3.70. The van der Waals surface area contributed by atoms with Crippen LogP contribution in [0.5, 0.6) is 5.75 Å². The second-order valence-corrected chi connectivity index (χ2v) is 8.87. The molecule has 0 fully saturated rings. The summed E-state index contributed by atoms with van der Waals surface area (Å²) in [5, 5.41) is 0. The molecule has 0 saturated heterocycles. The van der Waals surface area contributed by atoms with Crippen molar-refractivity contribution >= 4 is 11.8 Å². The van der Waals surface area contributed by atoms with Crippen LogP contribution in [0.25, 0.3) is 0 Å². The molecule has 24 heavy (non-hydrogen) atoms. The molecule has 2 rings (SSSR count). The number of aromatic nitrogens is 1. The molecule has 1 aromatic heterocycles. The molecule has 0 aliphatic heterocycles. The van der Waals surface area contributed by atoms with Crippen molar-refractivity contribution in [3.63, 3.8) is 0 Å². The molecule has 2 aromatic rings. The van der Waals surface area contributed by atoms with Crippen molar-refractivity contribution in [1.82, 2.24) is 4.98 Å². The van der Waals surface area contributed by atoms with E-state index >= 15 is 0 Å². The van der Waals surface area contributed by atoms with E-state index in [-0.39, 0.29) is 10.8 Å². The first-order valence-electron chi connectivity index (χ1n) is 8.11. The van der Waals surface area contributed by atoms with Gasteiger partial charge in [0.15, 0.2) is 0 Å². The molecular weight excluding hydrogens is 322 g/mol. The van der Waals surface area contributed by atoms with E-state index in [0.29, 0.717) is 17.5 Å². The van der Waals surface area contributed by atoms with Crippen LogP contribution < -0.4 is 10.5 Å². The highest BCUT2D eigenvalue weighted by atomic mass is 32.2. The number of thioether (sulfide) groups is 1. The zero-order chi connectivity index (χ0) is 18.0. The van der Waals surface area contributed by atoms with Gasteiger partial charge in [0.25, 0.3) is 0 Å². The lowest BCUT2D eigenvalue weighted by atomic mass is 9.75. The predicted octanol–water partition coefficient (Wildman–Crippen LogP) is 4.83. The molecule has 0 atom stereocenters. The Hall–Kier alpha value is -1.62. The Morgan fingerprint density at radius 3 is 2.38 bits per heavy atom. The summed E-state index contributed by atoms with van der Waals surface area (Å²) in [6, 6.07) is 6.28. The van der Waals surface area contributed by atoms with Crippen LogP contribution in [0.2, 0.25) is 0 Å². The number of aromatic amines is 1. The van der Waals surface area contributed by atoms with Crippen LogP contribution in [-0.2, 0) is 16.6 Å². The van der Waals surface area contributed by atoms with E-state index in [1.807, 2.05) is 6.07 Å². The smallest absolute Gasteiger partial charge is 0.416 e. The van der Waals surface area contributed by atoms with Gasteiger partial charge in [-0.25, -0.2) is 4.79 Å². The van der Waals surface area contributed by atoms with Crippen molar-refractivity contribution in [2.45, 2.75) is 58.1 Å². The third kappa shape index (κ3) is 4.69. The number of hydrogen-bond donors (Lipinski definition) is 1. The normalized spacial score (nSPS) is 12.4. The minimum absolute atomic E-state index is 0.00267. The minimum atomic E-state index is -0.417. The van der Waals surface area contributed by atoms with Gasteiger partial charge in [0.05, 0.1) is 5.75 Å². The SMILES string of the molecule is CC(C)(C)c1cccc(OCSCc2c[nH]c(=O)o2)c1C(C)(C)C. The largest absolute Gasteiger partial charge is 0.483 e. The Balaban J connectivity index is 2.13. The molecule has 0 spiro atoms. The molecule has 132 valence electrons.